The van der Waals surface area contributed by atoms with Crippen molar-refractivity contribution < 1.29 is 14.4 Å². The molecule has 1 heterocycles. The van der Waals surface area contributed by atoms with Crippen molar-refractivity contribution in [2.75, 3.05) is 10.2 Å². The molecular weight excluding hydrogens is 376 g/mol. The summed E-state index contributed by atoms with van der Waals surface area (Å²) in [7, 11) is 0. The minimum atomic E-state index is -0.330. The Hall–Kier alpha value is -3.21. The van der Waals surface area contributed by atoms with Gasteiger partial charge in [0.05, 0.1) is 23.1 Å². The maximum Gasteiger partial charge on any atom is 0.257 e. The van der Waals surface area contributed by atoms with Crippen LogP contribution in [0.4, 0.5) is 11.4 Å². The lowest BCUT2D eigenvalue weighted by molar-refractivity contribution is -0.123. The first-order valence-electron chi connectivity index (χ1n) is 10.4. The van der Waals surface area contributed by atoms with Gasteiger partial charge >= 0.3 is 0 Å². The fourth-order valence-corrected chi connectivity index (χ4v) is 5.39. The minimum Gasteiger partial charge on any atom is -0.322 e. The molecule has 4 atom stereocenters. The Kier molecular flexibility index (Phi) is 4.17. The lowest BCUT2D eigenvalue weighted by Gasteiger charge is -2.20. The highest BCUT2D eigenvalue weighted by Gasteiger charge is 2.61. The number of carbonyl (C=O) groups excluding carboxylic acids is 3. The SMILES string of the molecule is CC1=C[C@H]2C[C@H]1[C@H]1C(=O)N(c3ccccc3C(=O)Nc3ccc(C)c(C)c3)C(=O)[C@H]12. The van der Waals surface area contributed by atoms with Crippen LogP contribution in [0.3, 0.4) is 0 Å². The van der Waals surface area contributed by atoms with Gasteiger partial charge in [0.1, 0.15) is 0 Å². The molecule has 2 aromatic carbocycles. The van der Waals surface area contributed by atoms with Crippen LogP contribution in [0.5, 0.6) is 0 Å². The number of benzene rings is 2. The number of carbonyl (C=O) groups is 3. The first kappa shape index (κ1) is 18.8. The molecule has 1 saturated heterocycles. The molecule has 5 rings (SSSR count). The summed E-state index contributed by atoms with van der Waals surface area (Å²) >= 11 is 0. The van der Waals surface area contributed by atoms with Gasteiger partial charge in [-0.05, 0) is 74.4 Å². The zero-order chi connectivity index (χ0) is 21.2. The van der Waals surface area contributed by atoms with Gasteiger partial charge in [0, 0.05) is 5.69 Å². The molecule has 1 aliphatic heterocycles. The molecule has 5 nitrogen and oxygen atoms in total. The largest absolute Gasteiger partial charge is 0.322 e. The van der Waals surface area contributed by atoms with Crippen molar-refractivity contribution in [3.63, 3.8) is 0 Å². The van der Waals surface area contributed by atoms with E-state index in [1.807, 2.05) is 39.0 Å². The second-order valence-corrected chi connectivity index (χ2v) is 8.75. The van der Waals surface area contributed by atoms with Crippen molar-refractivity contribution in [1.29, 1.82) is 0 Å². The van der Waals surface area contributed by atoms with Crippen molar-refractivity contribution in [1.82, 2.24) is 0 Å². The lowest BCUT2D eigenvalue weighted by atomic mass is 9.82. The van der Waals surface area contributed by atoms with Gasteiger partial charge in [-0.15, -0.1) is 0 Å². The summed E-state index contributed by atoms with van der Waals surface area (Å²) in [4.78, 5) is 40.9. The van der Waals surface area contributed by atoms with Gasteiger partial charge in [0.15, 0.2) is 0 Å². The smallest absolute Gasteiger partial charge is 0.257 e. The Balaban J connectivity index is 1.47. The number of fused-ring (bicyclic) bond motifs is 5. The topological polar surface area (TPSA) is 66.5 Å². The van der Waals surface area contributed by atoms with E-state index in [4.69, 9.17) is 0 Å². The normalized spacial score (nSPS) is 26.8. The zero-order valence-corrected chi connectivity index (χ0v) is 17.3. The highest BCUT2D eigenvalue weighted by atomic mass is 16.2. The summed E-state index contributed by atoms with van der Waals surface area (Å²) in [5.41, 5.74) is 4.83. The molecule has 0 aromatic heterocycles. The standard InChI is InChI=1S/C25H24N2O3/c1-13-8-9-17(11-14(13)2)26-23(28)18-6-4-5-7-20(18)27-24(29)21-16-10-15(3)19(12-16)22(21)25(27)30/h4-11,16,19,21-22H,12H2,1-3H3,(H,26,28)/t16-,19+,21-,22+/m0/s1. The molecule has 1 N–H and O–H groups in total. The summed E-state index contributed by atoms with van der Waals surface area (Å²) < 4.78 is 0. The third-order valence-corrected chi connectivity index (χ3v) is 7.04. The second kappa shape index (κ2) is 6.66. The van der Waals surface area contributed by atoms with Crippen molar-refractivity contribution in [3.8, 4) is 0 Å². The van der Waals surface area contributed by atoms with Crippen LogP contribution in [0.2, 0.25) is 0 Å². The number of para-hydroxylation sites is 1. The molecule has 2 aromatic rings. The van der Waals surface area contributed by atoms with E-state index in [1.54, 1.807) is 24.3 Å². The van der Waals surface area contributed by atoms with Gasteiger partial charge in [-0.3, -0.25) is 14.4 Å². The van der Waals surface area contributed by atoms with E-state index < -0.39 is 0 Å². The van der Waals surface area contributed by atoms with Crippen LogP contribution in [0.1, 0.15) is 34.8 Å². The number of hydrogen-bond acceptors (Lipinski definition) is 3. The maximum atomic E-state index is 13.3. The number of anilines is 2. The second-order valence-electron chi connectivity index (χ2n) is 8.75. The van der Waals surface area contributed by atoms with Crippen LogP contribution in [0.25, 0.3) is 0 Å². The monoisotopic (exact) mass is 400 g/mol. The van der Waals surface area contributed by atoms with E-state index in [0.717, 1.165) is 17.5 Å². The number of imide groups is 1. The Morgan fingerprint density at radius 3 is 2.47 bits per heavy atom. The molecule has 5 heteroatoms. The summed E-state index contributed by atoms with van der Waals surface area (Å²) in [5, 5.41) is 2.91. The predicted octanol–water partition coefficient (Wildman–Crippen LogP) is 4.26. The highest BCUT2D eigenvalue weighted by molar-refractivity contribution is 6.25. The molecule has 2 bridgehead atoms. The summed E-state index contributed by atoms with van der Waals surface area (Å²) in [6.45, 7) is 6.05. The van der Waals surface area contributed by atoms with Crippen LogP contribution in [0.15, 0.2) is 54.1 Å². The predicted molar refractivity (Wildman–Crippen MR) is 115 cm³/mol. The third-order valence-electron chi connectivity index (χ3n) is 7.04. The van der Waals surface area contributed by atoms with E-state index in [2.05, 4.69) is 11.4 Å². The average molecular weight is 400 g/mol. The molecule has 0 unspecified atom stereocenters. The number of allylic oxidation sites excluding steroid dienone is 2. The molecule has 3 aliphatic rings. The number of aryl methyl sites for hydroxylation is 2. The molecule has 30 heavy (non-hydrogen) atoms. The molecule has 0 radical (unpaired) electrons. The summed E-state index contributed by atoms with van der Waals surface area (Å²) in [6.07, 6.45) is 3.04. The van der Waals surface area contributed by atoms with Crippen molar-refractivity contribution in [2.24, 2.45) is 23.7 Å². The van der Waals surface area contributed by atoms with Crippen LogP contribution < -0.4 is 10.2 Å². The first-order chi connectivity index (χ1) is 14.4. The molecule has 152 valence electrons. The highest BCUT2D eigenvalue weighted by Crippen LogP contribution is 2.56. The Morgan fingerprint density at radius 1 is 0.967 bits per heavy atom. The summed E-state index contributed by atoms with van der Waals surface area (Å²) in [6, 6.07) is 12.6. The van der Waals surface area contributed by atoms with Crippen LogP contribution in [-0.2, 0) is 9.59 Å². The minimum absolute atomic E-state index is 0.137. The lowest BCUT2D eigenvalue weighted by Crippen LogP contribution is -2.34. The third kappa shape index (κ3) is 2.65. The maximum absolute atomic E-state index is 13.3. The van der Waals surface area contributed by atoms with Gasteiger partial charge in [-0.2, -0.15) is 0 Å². The fourth-order valence-electron chi connectivity index (χ4n) is 5.39. The number of rotatable bonds is 3. The van der Waals surface area contributed by atoms with Gasteiger partial charge in [-0.1, -0.05) is 29.8 Å². The molecule has 2 fully saturated rings. The Labute approximate surface area is 175 Å². The van der Waals surface area contributed by atoms with E-state index in [1.165, 1.54) is 10.5 Å². The average Bonchev–Trinajstić information content (AvgIpc) is 3.35. The molecule has 1 saturated carbocycles. The van der Waals surface area contributed by atoms with Crippen LogP contribution >= 0.6 is 0 Å². The molecule has 3 amide bonds. The number of hydrogen-bond donors (Lipinski definition) is 1. The number of nitrogens with zero attached hydrogens (tertiary/aromatic N) is 1. The van der Waals surface area contributed by atoms with Gasteiger partial charge in [-0.25, -0.2) is 4.90 Å². The van der Waals surface area contributed by atoms with E-state index >= 15 is 0 Å². The van der Waals surface area contributed by atoms with Crippen LogP contribution in [0, 0.1) is 37.5 Å². The van der Waals surface area contributed by atoms with Gasteiger partial charge in [0.2, 0.25) is 11.8 Å². The van der Waals surface area contributed by atoms with Gasteiger partial charge in [0.25, 0.3) is 5.91 Å². The number of nitrogens with one attached hydrogen (secondary N) is 1. The zero-order valence-electron chi connectivity index (χ0n) is 17.3. The van der Waals surface area contributed by atoms with Crippen molar-refractivity contribution >= 4 is 29.1 Å². The first-order valence-corrected chi connectivity index (χ1v) is 10.4. The fraction of sp³-hybridized carbons (Fsp3) is 0.320. The van der Waals surface area contributed by atoms with Crippen LogP contribution in [-0.4, -0.2) is 17.7 Å². The van der Waals surface area contributed by atoms with Crippen molar-refractivity contribution in [3.05, 3.63) is 70.8 Å². The Bertz CT molecular complexity index is 1130. The molecular formula is C25H24N2O3. The van der Waals surface area contributed by atoms with E-state index in [-0.39, 0.29) is 41.4 Å². The molecule has 2 aliphatic carbocycles. The van der Waals surface area contributed by atoms with E-state index in [0.29, 0.717) is 16.9 Å². The van der Waals surface area contributed by atoms with E-state index in [9.17, 15) is 14.4 Å². The summed E-state index contributed by atoms with van der Waals surface area (Å²) in [5.74, 6) is -0.964. The van der Waals surface area contributed by atoms with Gasteiger partial charge < -0.3 is 5.32 Å². The van der Waals surface area contributed by atoms with Crippen molar-refractivity contribution in [2.45, 2.75) is 27.2 Å². The Morgan fingerprint density at radius 2 is 1.70 bits per heavy atom. The quantitative estimate of drug-likeness (QED) is 0.618. The number of amides is 3. The molecule has 0 spiro atoms.